The van der Waals surface area contributed by atoms with Gasteiger partial charge in [0, 0.05) is 4.90 Å². The lowest BCUT2D eigenvalue weighted by atomic mass is 10.2. The van der Waals surface area contributed by atoms with E-state index in [0.29, 0.717) is 11.1 Å². The molecule has 0 heterocycles. The molecule has 0 aliphatic rings. The molecule has 0 aliphatic carbocycles. The lowest BCUT2D eigenvalue weighted by Crippen LogP contribution is -2.49. The molecule has 0 N–H and O–H groups in total. The third-order valence-corrected chi connectivity index (χ3v) is 3.15. The number of rotatable bonds is 3. The van der Waals surface area contributed by atoms with Crippen molar-refractivity contribution in [1.82, 2.24) is 0 Å². The molecule has 1 rings (SSSR count). The van der Waals surface area contributed by atoms with E-state index in [1.807, 2.05) is 0 Å². The normalized spacial score (nSPS) is 13.7. The van der Waals surface area contributed by atoms with Gasteiger partial charge in [-0.25, -0.2) is 0 Å². The van der Waals surface area contributed by atoms with Gasteiger partial charge in [-0.05, 0) is 48.9 Å². The van der Waals surface area contributed by atoms with Crippen molar-refractivity contribution in [3.63, 3.8) is 0 Å². The number of alkyl halides is 7. The van der Waals surface area contributed by atoms with E-state index in [1.165, 1.54) is 13.8 Å². The summed E-state index contributed by atoms with van der Waals surface area (Å²) in [7, 11) is 0. The molecule has 0 unspecified atom stereocenters. The number of hydrogen-bond acceptors (Lipinski definition) is 1. The molecule has 0 bridgehead atoms. The highest BCUT2D eigenvalue weighted by atomic mass is 32.2. The third kappa shape index (κ3) is 3.34. The number of halogens is 7. The van der Waals surface area contributed by atoms with Crippen molar-refractivity contribution >= 4 is 11.8 Å². The Balaban J connectivity index is 3.09. The van der Waals surface area contributed by atoms with Crippen LogP contribution in [0.5, 0.6) is 0 Å². The highest BCUT2D eigenvalue weighted by Gasteiger charge is 2.73. The first kappa shape index (κ1) is 16.1. The summed E-state index contributed by atoms with van der Waals surface area (Å²) in [5.74, 6) is -6.09. The molecule has 0 aromatic heterocycles. The van der Waals surface area contributed by atoms with E-state index >= 15 is 0 Å². The van der Waals surface area contributed by atoms with Gasteiger partial charge in [0.15, 0.2) is 0 Å². The zero-order chi connectivity index (χ0) is 15.1. The maximum absolute atomic E-state index is 13.1. The summed E-state index contributed by atoms with van der Waals surface area (Å²) < 4.78 is 87.5. The van der Waals surface area contributed by atoms with Crippen LogP contribution in [-0.4, -0.2) is 17.4 Å². The van der Waals surface area contributed by atoms with Crippen LogP contribution in [0, 0.1) is 13.8 Å². The van der Waals surface area contributed by atoms with Gasteiger partial charge in [-0.1, -0.05) is 6.07 Å². The van der Waals surface area contributed by atoms with Crippen molar-refractivity contribution in [2.24, 2.45) is 0 Å². The molecule has 0 saturated carbocycles. The zero-order valence-electron chi connectivity index (χ0n) is 9.79. The summed E-state index contributed by atoms with van der Waals surface area (Å²) in [5.41, 5.74) is 0.988. The molecule has 1 aromatic rings. The molecular weight excluding hydrogens is 297 g/mol. The summed E-state index contributed by atoms with van der Waals surface area (Å²) in [4.78, 5) is -0.341. The van der Waals surface area contributed by atoms with Gasteiger partial charge < -0.3 is 0 Å². The second kappa shape index (κ2) is 4.88. The minimum atomic E-state index is -6.30. The van der Waals surface area contributed by atoms with Crippen LogP contribution >= 0.6 is 11.8 Å². The van der Waals surface area contributed by atoms with Crippen LogP contribution in [0.2, 0.25) is 0 Å². The molecule has 0 fully saturated rings. The van der Waals surface area contributed by atoms with E-state index in [9.17, 15) is 30.7 Å². The molecule has 0 amide bonds. The summed E-state index contributed by atoms with van der Waals surface area (Å²) in [6.07, 6.45) is -6.30. The van der Waals surface area contributed by atoms with Crippen LogP contribution in [0.1, 0.15) is 11.1 Å². The van der Waals surface area contributed by atoms with Crippen molar-refractivity contribution < 1.29 is 30.7 Å². The summed E-state index contributed by atoms with van der Waals surface area (Å²) in [6, 6.07) is 3.83. The van der Waals surface area contributed by atoms with Gasteiger partial charge >= 0.3 is 17.4 Å². The van der Waals surface area contributed by atoms with Crippen molar-refractivity contribution in [1.29, 1.82) is 0 Å². The van der Waals surface area contributed by atoms with Crippen molar-refractivity contribution in [2.45, 2.75) is 36.1 Å². The van der Waals surface area contributed by atoms with E-state index in [4.69, 9.17) is 0 Å². The first-order valence-corrected chi connectivity index (χ1v) is 5.78. The van der Waals surface area contributed by atoms with Gasteiger partial charge in [0.25, 0.3) is 0 Å². The maximum Gasteiger partial charge on any atom is 0.460 e. The predicted molar refractivity (Wildman–Crippen MR) is 57.7 cm³/mol. The molecule has 8 heteroatoms. The molecule has 0 nitrogen and oxygen atoms in total. The van der Waals surface area contributed by atoms with E-state index in [-0.39, 0.29) is 4.90 Å². The fourth-order valence-electron chi connectivity index (χ4n) is 1.37. The van der Waals surface area contributed by atoms with Gasteiger partial charge in [0.05, 0.1) is 0 Å². The zero-order valence-corrected chi connectivity index (χ0v) is 10.6. The minimum absolute atomic E-state index is 0.341. The Bertz CT molecular complexity index is 444. The Morgan fingerprint density at radius 3 is 1.58 bits per heavy atom. The topological polar surface area (TPSA) is 0 Å². The highest BCUT2D eigenvalue weighted by Crippen LogP contribution is 2.53. The lowest BCUT2D eigenvalue weighted by Gasteiger charge is -2.27. The second-order valence-electron chi connectivity index (χ2n) is 4.01. The molecule has 0 aliphatic heterocycles. The molecule has 0 spiro atoms. The molecule has 108 valence electrons. The van der Waals surface area contributed by atoms with Crippen LogP contribution in [0.3, 0.4) is 0 Å². The Hall–Kier alpha value is -0.920. The molecule has 0 atom stereocenters. The Morgan fingerprint density at radius 2 is 1.21 bits per heavy atom. The number of benzene rings is 1. The average molecular weight is 306 g/mol. The Morgan fingerprint density at radius 1 is 0.789 bits per heavy atom. The Labute approximate surface area is 109 Å². The largest absolute Gasteiger partial charge is 0.460 e. The van der Waals surface area contributed by atoms with Gasteiger partial charge in [0.1, 0.15) is 0 Å². The first-order chi connectivity index (χ1) is 8.37. The van der Waals surface area contributed by atoms with Gasteiger partial charge in [-0.2, -0.15) is 30.7 Å². The summed E-state index contributed by atoms with van der Waals surface area (Å²) in [5, 5.41) is -5.27. The fraction of sp³-hybridized carbons (Fsp3) is 0.455. The van der Waals surface area contributed by atoms with Crippen molar-refractivity contribution in [3.05, 3.63) is 29.3 Å². The van der Waals surface area contributed by atoms with Crippen molar-refractivity contribution in [2.75, 3.05) is 0 Å². The Kier molecular flexibility index (Phi) is 4.15. The average Bonchev–Trinajstić information content (AvgIpc) is 2.12. The lowest BCUT2D eigenvalue weighted by molar-refractivity contribution is -0.330. The standard InChI is InChI=1S/C11H9F7S/c1-6-3-7(2)5-8(4-6)19-11(17,18)9(12,13)10(14,15)16/h3-5H,1-2H3. The van der Waals surface area contributed by atoms with E-state index < -0.39 is 29.1 Å². The van der Waals surface area contributed by atoms with E-state index in [1.54, 1.807) is 6.07 Å². The maximum atomic E-state index is 13.1. The SMILES string of the molecule is Cc1cc(C)cc(SC(F)(F)C(F)(F)C(F)(F)F)c1. The summed E-state index contributed by atoms with van der Waals surface area (Å²) >= 11 is -0.795. The van der Waals surface area contributed by atoms with Crippen LogP contribution in [0.15, 0.2) is 23.1 Å². The smallest absolute Gasteiger partial charge is 0.188 e. The van der Waals surface area contributed by atoms with Crippen LogP contribution < -0.4 is 0 Å². The minimum Gasteiger partial charge on any atom is -0.188 e. The van der Waals surface area contributed by atoms with Crippen LogP contribution in [0.25, 0.3) is 0 Å². The van der Waals surface area contributed by atoms with E-state index in [0.717, 1.165) is 12.1 Å². The van der Waals surface area contributed by atoms with Crippen LogP contribution in [-0.2, 0) is 0 Å². The molecular formula is C11H9F7S. The molecule has 0 radical (unpaired) electrons. The predicted octanol–water partition coefficient (Wildman–Crippen LogP) is 5.19. The number of aryl methyl sites for hydroxylation is 2. The number of thioether (sulfide) groups is 1. The summed E-state index contributed by atoms with van der Waals surface area (Å²) in [6.45, 7) is 3.05. The van der Waals surface area contributed by atoms with E-state index in [2.05, 4.69) is 0 Å². The van der Waals surface area contributed by atoms with Crippen LogP contribution in [0.4, 0.5) is 30.7 Å². The van der Waals surface area contributed by atoms with Gasteiger partial charge in [-0.15, -0.1) is 0 Å². The molecule has 19 heavy (non-hydrogen) atoms. The molecule has 0 saturated heterocycles. The molecule has 1 aromatic carbocycles. The van der Waals surface area contributed by atoms with Crippen molar-refractivity contribution in [3.8, 4) is 0 Å². The second-order valence-corrected chi connectivity index (χ2v) is 5.20. The quantitative estimate of drug-likeness (QED) is 0.547. The number of hydrogen-bond donors (Lipinski definition) is 0. The third-order valence-electron chi connectivity index (χ3n) is 2.16. The monoisotopic (exact) mass is 306 g/mol. The fourth-order valence-corrected chi connectivity index (χ4v) is 2.40. The highest BCUT2D eigenvalue weighted by molar-refractivity contribution is 8.00. The first-order valence-electron chi connectivity index (χ1n) is 4.96. The van der Waals surface area contributed by atoms with Gasteiger partial charge in [0.2, 0.25) is 0 Å². The van der Waals surface area contributed by atoms with Gasteiger partial charge in [-0.3, -0.25) is 0 Å².